The number of alkyl halides is 3. The third-order valence-corrected chi connectivity index (χ3v) is 8.30. The van der Waals surface area contributed by atoms with Crippen LogP contribution in [0.3, 0.4) is 0 Å². The minimum absolute atomic E-state index is 0.0728. The summed E-state index contributed by atoms with van der Waals surface area (Å²) in [4.78, 5) is 14.4. The van der Waals surface area contributed by atoms with Gasteiger partial charge in [-0.2, -0.15) is 13.2 Å². The number of carbonyl (C=O) groups excluding carboxylic acids is 1. The van der Waals surface area contributed by atoms with Gasteiger partial charge in [-0.15, -0.1) is 0 Å². The van der Waals surface area contributed by atoms with E-state index >= 15 is 0 Å². The molecule has 1 aliphatic rings. The van der Waals surface area contributed by atoms with Gasteiger partial charge in [0.05, 0.1) is 6.61 Å². The first-order valence-corrected chi connectivity index (χ1v) is 17.5. The third kappa shape index (κ3) is 20.9. The van der Waals surface area contributed by atoms with Gasteiger partial charge in [0.1, 0.15) is 11.4 Å². The Morgan fingerprint density at radius 2 is 1.34 bits per heavy atom. The Morgan fingerprint density at radius 3 is 1.93 bits per heavy atom. The molecule has 0 radical (unpaired) electrons. The van der Waals surface area contributed by atoms with E-state index in [1.165, 1.54) is 64.6 Å². The molecule has 0 amide bonds. The van der Waals surface area contributed by atoms with Gasteiger partial charge in [-0.25, -0.2) is 0 Å². The van der Waals surface area contributed by atoms with Crippen molar-refractivity contribution in [1.82, 2.24) is 4.90 Å². The maximum atomic E-state index is 12.1. The number of ether oxygens (including phenoxy) is 2. The molecule has 5 nitrogen and oxygen atoms in total. The fourth-order valence-electron chi connectivity index (χ4n) is 5.73. The van der Waals surface area contributed by atoms with Crippen LogP contribution in [0, 0.1) is 5.92 Å². The lowest BCUT2D eigenvalue weighted by Crippen LogP contribution is -2.36. The molecule has 0 atom stereocenters. The van der Waals surface area contributed by atoms with Crippen molar-refractivity contribution in [3.8, 4) is 5.75 Å². The highest BCUT2D eigenvalue weighted by atomic mass is 19.4. The van der Waals surface area contributed by atoms with Gasteiger partial charge in [-0.3, -0.25) is 4.79 Å². The lowest BCUT2D eigenvalue weighted by Gasteiger charge is -2.32. The van der Waals surface area contributed by atoms with Gasteiger partial charge >= 0.3 is 12.1 Å². The van der Waals surface area contributed by atoms with Crippen LogP contribution in [0.25, 0.3) is 0 Å². The van der Waals surface area contributed by atoms with Gasteiger partial charge < -0.3 is 19.7 Å². The Bertz CT molecular complexity index is 863. The largest absolute Gasteiger partial charge is 0.494 e. The van der Waals surface area contributed by atoms with Crippen molar-refractivity contribution >= 4 is 11.7 Å². The van der Waals surface area contributed by atoms with Crippen LogP contribution >= 0.6 is 0 Å². The molecular weight excluding hydrogens is 565 g/mol. The molecule has 1 N–H and O–H groups in total. The van der Waals surface area contributed by atoms with Crippen molar-refractivity contribution in [1.29, 1.82) is 0 Å². The van der Waals surface area contributed by atoms with Gasteiger partial charge in [0.25, 0.3) is 0 Å². The Balaban J connectivity index is 1.40. The zero-order valence-corrected chi connectivity index (χ0v) is 28.0. The summed E-state index contributed by atoms with van der Waals surface area (Å²) in [6, 6.07) is 8.23. The number of likely N-dealkylation sites (tertiary alicyclic amines) is 1. The number of piperidine rings is 1. The molecule has 2 rings (SSSR count). The maximum Gasteiger partial charge on any atom is 0.389 e. The van der Waals surface area contributed by atoms with E-state index in [1.807, 2.05) is 32.9 Å². The normalized spacial score (nSPS) is 15.0. The number of rotatable bonds is 23. The van der Waals surface area contributed by atoms with E-state index in [0.717, 1.165) is 62.9 Å². The first-order valence-electron chi connectivity index (χ1n) is 17.5. The molecule has 1 aromatic rings. The van der Waals surface area contributed by atoms with Gasteiger partial charge in [0.2, 0.25) is 0 Å². The second kappa shape index (κ2) is 21.7. The molecule has 0 unspecified atom stereocenters. The molecular formula is C36H61F3N2O3. The third-order valence-electron chi connectivity index (χ3n) is 8.30. The van der Waals surface area contributed by atoms with E-state index in [4.69, 9.17) is 9.47 Å². The summed E-state index contributed by atoms with van der Waals surface area (Å²) in [5.74, 6) is 1.53. The maximum absolute atomic E-state index is 12.1. The highest BCUT2D eigenvalue weighted by Crippen LogP contribution is 2.24. The lowest BCUT2D eigenvalue weighted by atomic mass is 9.96. The van der Waals surface area contributed by atoms with Crippen molar-refractivity contribution in [3.63, 3.8) is 0 Å². The topological polar surface area (TPSA) is 50.8 Å². The summed E-state index contributed by atoms with van der Waals surface area (Å²) in [7, 11) is 0. The Hall–Kier alpha value is -1.96. The minimum Gasteiger partial charge on any atom is -0.494 e. The van der Waals surface area contributed by atoms with Gasteiger partial charge in [0.15, 0.2) is 0 Å². The fraction of sp³-hybridized carbons (Fsp3) is 0.806. The summed E-state index contributed by atoms with van der Waals surface area (Å²) in [6.07, 6.45) is 12.6. The molecule has 8 heteroatoms. The van der Waals surface area contributed by atoms with E-state index in [2.05, 4.69) is 22.3 Å². The molecule has 1 heterocycles. The van der Waals surface area contributed by atoms with Crippen molar-refractivity contribution < 1.29 is 27.4 Å². The van der Waals surface area contributed by atoms with Gasteiger partial charge in [0, 0.05) is 25.1 Å². The quantitative estimate of drug-likeness (QED) is 0.0968. The Labute approximate surface area is 266 Å². The average Bonchev–Trinajstić information content (AvgIpc) is 2.96. The molecule has 0 aliphatic carbocycles. The second-order valence-electron chi connectivity index (χ2n) is 13.7. The number of hydrogen-bond donors (Lipinski definition) is 1. The SMILES string of the molecule is CC(C)(C)OC(=O)CCCCCCCCCN1CCC(CNc2ccc(OCCCCCCCCCC(F)(F)F)cc2)CC1. The summed E-state index contributed by atoms with van der Waals surface area (Å²) >= 11 is 0. The smallest absolute Gasteiger partial charge is 0.389 e. The van der Waals surface area contributed by atoms with Crippen molar-refractivity contribution in [2.45, 2.75) is 148 Å². The Morgan fingerprint density at radius 1 is 0.795 bits per heavy atom. The predicted molar refractivity (Wildman–Crippen MR) is 175 cm³/mol. The molecule has 0 spiro atoms. The second-order valence-corrected chi connectivity index (χ2v) is 13.7. The molecule has 1 fully saturated rings. The monoisotopic (exact) mass is 626 g/mol. The first kappa shape index (κ1) is 38.2. The number of carbonyl (C=O) groups is 1. The van der Waals surface area contributed by atoms with E-state index in [9.17, 15) is 18.0 Å². The standard InChI is InChI=1S/C36H61F3N2O3/c1-35(2,3)44-34(42)18-14-10-6-4-8-12-16-26-41-27-23-31(24-28-41)30-40-32-19-21-33(22-20-32)43-29-17-13-9-5-7-11-15-25-36(37,38)39/h19-22,31,40H,4-18,23-30H2,1-3H3. The zero-order valence-electron chi connectivity index (χ0n) is 28.0. The van der Waals surface area contributed by atoms with Crippen LogP contribution in [0.2, 0.25) is 0 Å². The average molecular weight is 627 g/mol. The van der Waals surface area contributed by atoms with Crippen LogP contribution in [0.4, 0.5) is 18.9 Å². The highest BCUT2D eigenvalue weighted by Gasteiger charge is 2.25. The van der Waals surface area contributed by atoms with Crippen LogP contribution in [0.1, 0.15) is 136 Å². The first-order chi connectivity index (χ1) is 21.0. The highest BCUT2D eigenvalue weighted by molar-refractivity contribution is 5.69. The van der Waals surface area contributed by atoms with Crippen LogP contribution in [0.15, 0.2) is 24.3 Å². The number of unbranched alkanes of at least 4 members (excludes halogenated alkanes) is 12. The van der Waals surface area contributed by atoms with Gasteiger partial charge in [-0.05, 0) is 109 Å². The molecule has 0 saturated carbocycles. The van der Waals surface area contributed by atoms with Crippen LogP contribution in [0.5, 0.6) is 5.75 Å². The van der Waals surface area contributed by atoms with Crippen molar-refractivity contribution in [3.05, 3.63) is 24.3 Å². The molecule has 1 saturated heterocycles. The summed E-state index contributed by atoms with van der Waals surface area (Å²) in [5.41, 5.74) is 0.755. The van der Waals surface area contributed by atoms with Crippen LogP contribution < -0.4 is 10.1 Å². The number of halogens is 3. The molecule has 0 bridgehead atoms. The summed E-state index contributed by atoms with van der Waals surface area (Å²) in [5, 5.41) is 3.60. The van der Waals surface area contributed by atoms with Crippen LogP contribution in [-0.2, 0) is 9.53 Å². The molecule has 0 aromatic heterocycles. The number of benzene rings is 1. The Kier molecular flexibility index (Phi) is 18.9. The number of nitrogens with zero attached hydrogens (tertiary/aromatic N) is 1. The molecule has 1 aromatic carbocycles. The van der Waals surface area contributed by atoms with Crippen molar-refractivity contribution in [2.24, 2.45) is 5.92 Å². The minimum atomic E-state index is -4.01. The summed E-state index contributed by atoms with van der Waals surface area (Å²) < 4.78 is 47.7. The lowest BCUT2D eigenvalue weighted by molar-refractivity contribution is -0.155. The van der Waals surface area contributed by atoms with E-state index in [0.29, 0.717) is 25.4 Å². The number of anilines is 1. The molecule has 44 heavy (non-hydrogen) atoms. The van der Waals surface area contributed by atoms with Crippen molar-refractivity contribution in [2.75, 3.05) is 38.1 Å². The zero-order chi connectivity index (χ0) is 32.1. The number of hydrogen-bond acceptors (Lipinski definition) is 5. The summed E-state index contributed by atoms with van der Waals surface area (Å²) in [6.45, 7) is 11.0. The van der Waals surface area contributed by atoms with E-state index < -0.39 is 12.6 Å². The van der Waals surface area contributed by atoms with E-state index in [1.54, 1.807) is 0 Å². The number of nitrogens with one attached hydrogen (secondary N) is 1. The van der Waals surface area contributed by atoms with Gasteiger partial charge in [-0.1, -0.05) is 64.2 Å². The number of esters is 1. The predicted octanol–water partition coefficient (Wildman–Crippen LogP) is 10.3. The van der Waals surface area contributed by atoms with Crippen LogP contribution in [-0.4, -0.2) is 55.4 Å². The van der Waals surface area contributed by atoms with E-state index in [-0.39, 0.29) is 18.0 Å². The molecule has 254 valence electrons. The molecule has 1 aliphatic heterocycles. The fourth-order valence-corrected chi connectivity index (χ4v) is 5.73.